The molecule has 1 heterocycles. The maximum absolute atomic E-state index is 6.02. The number of ether oxygens (including phenoxy) is 1. The molecule has 1 aromatic heterocycles. The van der Waals surface area contributed by atoms with E-state index in [0.29, 0.717) is 6.10 Å². The van der Waals surface area contributed by atoms with Crippen LogP contribution < -0.4 is 10.6 Å². The van der Waals surface area contributed by atoms with Gasteiger partial charge in [-0.25, -0.2) is 4.68 Å². The van der Waals surface area contributed by atoms with Crippen molar-refractivity contribution in [3.8, 4) is 5.69 Å². The highest BCUT2D eigenvalue weighted by Crippen LogP contribution is 2.19. The number of aliphatic imine (C=N–C) groups is 1. The van der Waals surface area contributed by atoms with Gasteiger partial charge >= 0.3 is 0 Å². The summed E-state index contributed by atoms with van der Waals surface area (Å²) in [4.78, 5) is 4.29. The van der Waals surface area contributed by atoms with Gasteiger partial charge in [-0.2, -0.15) is 5.10 Å². The molecule has 1 fully saturated rings. The Morgan fingerprint density at radius 1 is 1.14 bits per heavy atom. The van der Waals surface area contributed by atoms with Crippen molar-refractivity contribution >= 4 is 29.9 Å². The minimum Gasteiger partial charge on any atom is -0.376 e. The van der Waals surface area contributed by atoms with Crippen molar-refractivity contribution in [2.45, 2.75) is 51.2 Å². The van der Waals surface area contributed by atoms with E-state index in [2.05, 4.69) is 45.0 Å². The molecule has 0 amide bonds. The van der Waals surface area contributed by atoms with Gasteiger partial charge in [-0.15, -0.1) is 24.0 Å². The molecule has 2 aromatic rings. The van der Waals surface area contributed by atoms with E-state index in [4.69, 9.17) is 4.74 Å². The Morgan fingerprint density at radius 2 is 1.89 bits per heavy atom. The molecule has 0 spiro atoms. The fraction of sp³-hybridized carbons (Fsp3) is 0.524. The lowest BCUT2D eigenvalue weighted by Gasteiger charge is -2.17. The SMILES string of the molecule is CN=C(NCCOC1CCCCCC1)NCc1ccc(-n2cccn2)cc1.I. The Balaban J connectivity index is 0.00000280. The molecule has 1 saturated carbocycles. The van der Waals surface area contributed by atoms with E-state index in [1.54, 1.807) is 13.2 Å². The zero-order chi connectivity index (χ0) is 18.7. The van der Waals surface area contributed by atoms with Crippen LogP contribution in [0.1, 0.15) is 44.1 Å². The largest absolute Gasteiger partial charge is 0.376 e. The summed E-state index contributed by atoms with van der Waals surface area (Å²) >= 11 is 0. The quantitative estimate of drug-likeness (QED) is 0.200. The van der Waals surface area contributed by atoms with Gasteiger partial charge in [0, 0.05) is 32.5 Å². The number of guanidine groups is 1. The monoisotopic (exact) mass is 497 g/mol. The van der Waals surface area contributed by atoms with Gasteiger partial charge in [-0.3, -0.25) is 4.99 Å². The molecule has 0 aliphatic heterocycles. The summed E-state index contributed by atoms with van der Waals surface area (Å²) < 4.78 is 7.87. The number of hydrogen-bond acceptors (Lipinski definition) is 3. The van der Waals surface area contributed by atoms with E-state index in [1.165, 1.54) is 44.1 Å². The fourth-order valence-electron chi connectivity index (χ4n) is 3.40. The maximum Gasteiger partial charge on any atom is 0.191 e. The summed E-state index contributed by atoms with van der Waals surface area (Å²) in [6.45, 7) is 2.22. The van der Waals surface area contributed by atoms with Crippen LogP contribution in [0, 0.1) is 0 Å². The summed E-state index contributed by atoms with van der Waals surface area (Å²) in [5.74, 6) is 0.801. The summed E-state index contributed by atoms with van der Waals surface area (Å²) in [6.07, 6.45) is 11.9. The number of halogens is 1. The number of nitrogens with one attached hydrogen (secondary N) is 2. The number of benzene rings is 1. The molecule has 2 N–H and O–H groups in total. The molecule has 1 aromatic carbocycles. The number of rotatable bonds is 7. The van der Waals surface area contributed by atoms with Crippen molar-refractivity contribution in [1.82, 2.24) is 20.4 Å². The minimum atomic E-state index is 0. The second kappa shape index (κ2) is 12.8. The lowest BCUT2D eigenvalue weighted by molar-refractivity contribution is 0.0468. The van der Waals surface area contributed by atoms with Gasteiger partial charge < -0.3 is 15.4 Å². The second-order valence-corrected chi connectivity index (χ2v) is 6.95. The Labute approximate surface area is 185 Å². The summed E-state index contributed by atoms with van der Waals surface area (Å²) in [5, 5.41) is 10.9. The molecule has 7 heteroatoms. The first-order valence-electron chi connectivity index (χ1n) is 10.0. The fourth-order valence-corrected chi connectivity index (χ4v) is 3.40. The molecule has 0 saturated heterocycles. The van der Waals surface area contributed by atoms with Gasteiger partial charge in [0.05, 0.1) is 18.4 Å². The van der Waals surface area contributed by atoms with Crippen molar-refractivity contribution in [2.24, 2.45) is 4.99 Å². The third-order valence-corrected chi connectivity index (χ3v) is 4.94. The third-order valence-electron chi connectivity index (χ3n) is 4.94. The molecule has 1 aliphatic carbocycles. The van der Waals surface area contributed by atoms with E-state index in [0.717, 1.165) is 31.3 Å². The van der Waals surface area contributed by atoms with Crippen molar-refractivity contribution in [3.05, 3.63) is 48.3 Å². The van der Waals surface area contributed by atoms with E-state index in [-0.39, 0.29) is 24.0 Å². The number of hydrogen-bond donors (Lipinski definition) is 2. The van der Waals surface area contributed by atoms with Gasteiger partial charge in [-0.05, 0) is 36.6 Å². The zero-order valence-electron chi connectivity index (χ0n) is 16.6. The summed E-state index contributed by atoms with van der Waals surface area (Å²) in [5.41, 5.74) is 2.26. The molecular weight excluding hydrogens is 465 g/mol. The van der Waals surface area contributed by atoms with Gasteiger partial charge in [0.2, 0.25) is 0 Å². The molecular formula is C21H32IN5O. The summed E-state index contributed by atoms with van der Waals surface area (Å²) in [7, 11) is 1.79. The third kappa shape index (κ3) is 7.43. The predicted molar refractivity (Wildman–Crippen MR) is 125 cm³/mol. The first-order chi connectivity index (χ1) is 13.3. The lowest BCUT2D eigenvalue weighted by atomic mass is 10.1. The van der Waals surface area contributed by atoms with E-state index in [9.17, 15) is 0 Å². The lowest BCUT2D eigenvalue weighted by Crippen LogP contribution is -2.38. The van der Waals surface area contributed by atoms with Crippen LogP contribution in [-0.4, -0.2) is 42.0 Å². The Hall–Kier alpha value is -1.61. The second-order valence-electron chi connectivity index (χ2n) is 6.95. The molecule has 1 aliphatic rings. The first kappa shape index (κ1) is 22.7. The van der Waals surface area contributed by atoms with Gasteiger partial charge in [-0.1, -0.05) is 37.8 Å². The molecule has 6 nitrogen and oxygen atoms in total. The maximum atomic E-state index is 6.02. The highest BCUT2D eigenvalue weighted by atomic mass is 127. The van der Waals surface area contributed by atoms with Crippen LogP contribution in [0.25, 0.3) is 5.69 Å². The molecule has 154 valence electrons. The van der Waals surface area contributed by atoms with Crippen LogP contribution >= 0.6 is 24.0 Å². The predicted octanol–water partition coefficient (Wildman–Crippen LogP) is 3.89. The van der Waals surface area contributed by atoms with Gasteiger partial charge in [0.15, 0.2) is 5.96 Å². The van der Waals surface area contributed by atoms with Crippen molar-refractivity contribution in [1.29, 1.82) is 0 Å². The van der Waals surface area contributed by atoms with Crippen LogP contribution in [0.5, 0.6) is 0 Å². The molecule has 0 radical (unpaired) electrons. The van der Waals surface area contributed by atoms with Crippen molar-refractivity contribution in [3.63, 3.8) is 0 Å². The zero-order valence-corrected chi connectivity index (χ0v) is 19.0. The smallest absolute Gasteiger partial charge is 0.191 e. The van der Waals surface area contributed by atoms with Crippen molar-refractivity contribution < 1.29 is 4.74 Å². The van der Waals surface area contributed by atoms with Crippen LogP contribution in [0.4, 0.5) is 0 Å². The van der Waals surface area contributed by atoms with E-state index < -0.39 is 0 Å². The minimum absolute atomic E-state index is 0. The van der Waals surface area contributed by atoms with Crippen LogP contribution in [0.2, 0.25) is 0 Å². The normalized spacial score (nSPS) is 15.5. The van der Waals surface area contributed by atoms with Gasteiger partial charge in [0.25, 0.3) is 0 Å². The standard InChI is InChI=1S/C21H31N5O.HI/c1-22-21(23-14-16-27-20-7-4-2-3-5-8-20)24-17-18-9-11-19(12-10-18)26-15-6-13-25-26;/h6,9-13,15,20H,2-5,7-8,14,16-17H2,1H3,(H2,22,23,24);1H. The molecule has 3 rings (SSSR count). The van der Waals surface area contributed by atoms with Crippen LogP contribution in [-0.2, 0) is 11.3 Å². The Morgan fingerprint density at radius 3 is 2.54 bits per heavy atom. The van der Waals surface area contributed by atoms with Crippen LogP contribution in [0.3, 0.4) is 0 Å². The molecule has 0 unspecified atom stereocenters. The highest BCUT2D eigenvalue weighted by Gasteiger charge is 2.12. The average Bonchev–Trinajstić information content (AvgIpc) is 3.12. The van der Waals surface area contributed by atoms with Gasteiger partial charge in [0.1, 0.15) is 0 Å². The first-order valence-corrected chi connectivity index (χ1v) is 10.0. The number of nitrogens with zero attached hydrogens (tertiary/aromatic N) is 3. The average molecular weight is 497 g/mol. The Kier molecular flexibility index (Phi) is 10.3. The topological polar surface area (TPSA) is 63.5 Å². The number of aromatic nitrogens is 2. The van der Waals surface area contributed by atoms with E-state index >= 15 is 0 Å². The molecule has 28 heavy (non-hydrogen) atoms. The van der Waals surface area contributed by atoms with Crippen LogP contribution in [0.15, 0.2) is 47.7 Å². The van der Waals surface area contributed by atoms with Crippen molar-refractivity contribution in [2.75, 3.05) is 20.2 Å². The Bertz CT molecular complexity index is 679. The molecule has 0 atom stereocenters. The highest BCUT2D eigenvalue weighted by molar-refractivity contribution is 14.0. The molecule has 0 bridgehead atoms. The summed E-state index contributed by atoms with van der Waals surface area (Å²) in [6, 6.07) is 10.3. The van der Waals surface area contributed by atoms with E-state index in [1.807, 2.05) is 16.9 Å².